The minimum absolute atomic E-state index is 0.104. The minimum atomic E-state index is -4.34. The summed E-state index contributed by atoms with van der Waals surface area (Å²) in [6, 6.07) is 0. The Balaban J connectivity index is 4.21. The van der Waals surface area contributed by atoms with Gasteiger partial charge in [0, 0.05) is 26.2 Å². The van der Waals surface area contributed by atoms with E-state index in [2.05, 4.69) is 0 Å². The van der Waals surface area contributed by atoms with Crippen LogP contribution in [0, 0.1) is 5.92 Å². The van der Waals surface area contributed by atoms with Crippen LogP contribution in [0.3, 0.4) is 0 Å². The van der Waals surface area contributed by atoms with Gasteiger partial charge in [0.05, 0.1) is 19.1 Å². The van der Waals surface area contributed by atoms with E-state index in [1.54, 1.807) is 0 Å². The Morgan fingerprint density at radius 2 is 1.60 bits per heavy atom. The second-order valence-electron chi connectivity index (χ2n) is 3.22. The number of aliphatic hydroxyl groups excluding tert-OH is 2. The van der Waals surface area contributed by atoms with Crippen molar-refractivity contribution in [2.45, 2.75) is 6.18 Å². The van der Waals surface area contributed by atoms with Crippen LogP contribution in [-0.4, -0.2) is 60.7 Å². The predicted octanol–water partition coefficient (Wildman–Crippen LogP) is -0.590. The molecule has 0 saturated heterocycles. The molecule has 92 valence electrons. The third-order valence-electron chi connectivity index (χ3n) is 2.06. The van der Waals surface area contributed by atoms with E-state index in [1.165, 1.54) is 4.90 Å². The topological polar surface area (TPSA) is 69.7 Å². The molecule has 0 heterocycles. The fourth-order valence-corrected chi connectivity index (χ4v) is 1.20. The monoisotopic (exact) mass is 230 g/mol. The molecule has 0 fully saturated rings. The smallest absolute Gasteiger partial charge is 0.394 e. The number of alkyl halides is 3. The van der Waals surface area contributed by atoms with Crippen LogP contribution in [-0.2, 0) is 0 Å². The summed E-state index contributed by atoms with van der Waals surface area (Å²) < 4.78 is 37.0. The number of hydrogen-bond donors (Lipinski definition) is 3. The standard InChI is InChI=1S/C8H17F3N2O2/c9-8(10,11)7(5-12)6-13(1-3-14)2-4-15/h7,14-15H,1-6,12H2. The molecule has 0 bridgehead atoms. The van der Waals surface area contributed by atoms with Gasteiger partial charge in [-0.3, -0.25) is 4.90 Å². The zero-order valence-corrected chi connectivity index (χ0v) is 8.37. The molecule has 0 aromatic carbocycles. The molecule has 1 atom stereocenters. The van der Waals surface area contributed by atoms with E-state index >= 15 is 0 Å². The number of rotatable bonds is 7. The van der Waals surface area contributed by atoms with Crippen LogP contribution < -0.4 is 5.73 Å². The summed E-state index contributed by atoms with van der Waals surface area (Å²) in [5.74, 6) is -1.62. The molecule has 1 unspecified atom stereocenters. The largest absolute Gasteiger partial charge is 0.395 e. The van der Waals surface area contributed by atoms with E-state index in [1.807, 2.05) is 0 Å². The lowest BCUT2D eigenvalue weighted by Gasteiger charge is -2.26. The predicted molar refractivity (Wildman–Crippen MR) is 49.2 cm³/mol. The van der Waals surface area contributed by atoms with Gasteiger partial charge in [-0.15, -0.1) is 0 Å². The number of halogens is 3. The summed E-state index contributed by atoms with van der Waals surface area (Å²) in [7, 11) is 0. The molecular formula is C8H17F3N2O2. The fraction of sp³-hybridized carbons (Fsp3) is 1.00. The molecule has 4 N–H and O–H groups in total. The Morgan fingerprint density at radius 3 is 1.87 bits per heavy atom. The van der Waals surface area contributed by atoms with Gasteiger partial charge in [0.2, 0.25) is 0 Å². The third-order valence-corrected chi connectivity index (χ3v) is 2.06. The summed E-state index contributed by atoms with van der Waals surface area (Å²) in [6.07, 6.45) is -4.34. The summed E-state index contributed by atoms with van der Waals surface area (Å²) >= 11 is 0. The Kier molecular flexibility index (Phi) is 6.82. The molecule has 0 aromatic rings. The van der Waals surface area contributed by atoms with Gasteiger partial charge in [-0.25, -0.2) is 0 Å². The second-order valence-corrected chi connectivity index (χ2v) is 3.22. The molecule has 0 aromatic heterocycles. The lowest BCUT2D eigenvalue weighted by atomic mass is 10.1. The Labute approximate surface area is 86.5 Å². The normalized spacial score (nSPS) is 14.6. The highest BCUT2D eigenvalue weighted by molar-refractivity contribution is 4.73. The number of hydrogen-bond acceptors (Lipinski definition) is 4. The van der Waals surface area contributed by atoms with Crippen molar-refractivity contribution in [2.75, 3.05) is 39.4 Å². The van der Waals surface area contributed by atoms with E-state index in [0.717, 1.165) is 0 Å². The van der Waals surface area contributed by atoms with Crippen molar-refractivity contribution in [3.8, 4) is 0 Å². The maximum Gasteiger partial charge on any atom is 0.394 e. The average molecular weight is 230 g/mol. The van der Waals surface area contributed by atoms with Crippen LogP contribution in [0.2, 0.25) is 0 Å². The van der Waals surface area contributed by atoms with Gasteiger partial charge in [0.15, 0.2) is 0 Å². The first-order valence-electron chi connectivity index (χ1n) is 4.66. The average Bonchev–Trinajstić information content (AvgIpc) is 2.12. The van der Waals surface area contributed by atoms with Crippen LogP contribution >= 0.6 is 0 Å². The highest BCUT2D eigenvalue weighted by Gasteiger charge is 2.39. The van der Waals surface area contributed by atoms with Crippen LogP contribution in [0.4, 0.5) is 13.2 Å². The van der Waals surface area contributed by atoms with Gasteiger partial charge in [0.25, 0.3) is 0 Å². The van der Waals surface area contributed by atoms with Crippen LogP contribution in [0.15, 0.2) is 0 Å². The molecule has 7 heteroatoms. The van der Waals surface area contributed by atoms with Crippen LogP contribution in [0.25, 0.3) is 0 Å². The molecule has 0 amide bonds. The highest BCUT2D eigenvalue weighted by Crippen LogP contribution is 2.25. The van der Waals surface area contributed by atoms with E-state index in [4.69, 9.17) is 15.9 Å². The quantitative estimate of drug-likeness (QED) is 0.547. The molecule has 0 aliphatic rings. The molecule has 15 heavy (non-hydrogen) atoms. The molecule has 0 rings (SSSR count). The van der Waals surface area contributed by atoms with Gasteiger partial charge in [-0.1, -0.05) is 0 Å². The number of aliphatic hydroxyl groups is 2. The Morgan fingerprint density at radius 1 is 1.13 bits per heavy atom. The first-order chi connectivity index (χ1) is 6.95. The van der Waals surface area contributed by atoms with Gasteiger partial charge in [-0.05, 0) is 0 Å². The van der Waals surface area contributed by atoms with E-state index in [-0.39, 0.29) is 32.8 Å². The van der Waals surface area contributed by atoms with Crippen molar-refractivity contribution < 1.29 is 23.4 Å². The number of nitrogens with two attached hydrogens (primary N) is 1. The maximum atomic E-state index is 12.3. The van der Waals surface area contributed by atoms with Crippen LogP contribution in [0.1, 0.15) is 0 Å². The SMILES string of the molecule is NCC(CN(CCO)CCO)C(F)(F)F. The van der Waals surface area contributed by atoms with E-state index in [0.29, 0.717) is 0 Å². The van der Waals surface area contributed by atoms with Crippen molar-refractivity contribution in [2.24, 2.45) is 11.7 Å². The van der Waals surface area contributed by atoms with Crippen molar-refractivity contribution >= 4 is 0 Å². The first kappa shape index (κ1) is 14.6. The van der Waals surface area contributed by atoms with E-state index in [9.17, 15) is 13.2 Å². The lowest BCUT2D eigenvalue weighted by Crippen LogP contribution is -2.42. The molecule has 0 radical (unpaired) electrons. The van der Waals surface area contributed by atoms with Crippen molar-refractivity contribution in [1.82, 2.24) is 4.90 Å². The highest BCUT2D eigenvalue weighted by atomic mass is 19.4. The maximum absolute atomic E-state index is 12.3. The van der Waals surface area contributed by atoms with Crippen molar-refractivity contribution in [3.63, 3.8) is 0 Å². The minimum Gasteiger partial charge on any atom is -0.395 e. The molecule has 0 aliphatic heterocycles. The first-order valence-corrected chi connectivity index (χ1v) is 4.66. The number of nitrogens with zero attached hydrogens (tertiary/aromatic N) is 1. The molecule has 0 aliphatic carbocycles. The molecule has 4 nitrogen and oxygen atoms in total. The summed E-state index contributed by atoms with van der Waals surface area (Å²) in [5, 5.41) is 17.2. The summed E-state index contributed by atoms with van der Waals surface area (Å²) in [6.45, 7) is -1.05. The van der Waals surface area contributed by atoms with Crippen molar-refractivity contribution in [3.05, 3.63) is 0 Å². The Bertz CT molecular complexity index is 160. The molecule has 0 saturated carbocycles. The van der Waals surface area contributed by atoms with E-state index < -0.39 is 18.6 Å². The van der Waals surface area contributed by atoms with Crippen LogP contribution in [0.5, 0.6) is 0 Å². The van der Waals surface area contributed by atoms with Gasteiger partial charge in [0.1, 0.15) is 0 Å². The van der Waals surface area contributed by atoms with Crippen molar-refractivity contribution in [1.29, 1.82) is 0 Å². The van der Waals surface area contributed by atoms with Gasteiger partial charge >= 0.3 is 6.18 Å². The molecular weight excluding hydrogens is 213 g/mol. The Hall–Kier alpha value is -0.370. The lowest BCUT2D eigenvalue weighted by molar-refractivity contribution is -0.176. The van der Waals surface area contributed by atoms with Gasteiger partial charge < -0.3 is 15.9 Å². The third kappa shape index (κ3) is 5.93. The fourth-order valence-electron chi connectivity index (χ4n) is 1.20. The zero-order valence-electron chi connectivity index (χ0n) is 8.37. The molecule has 0 spiro atoms. The summed E-state index contributed by atoms with van der Waals surface area (Å²) in [4.78, 5) is 1.34. The second kappa shape index (κ2) is 7.00. The summed E-state index contributed by atoms with van der Waals surface area (Å²) in [5.41, 5.74) is 5.03. The zero-order chi connectivity index (χ0) is 11.9. The van der Waals surface area contributed by atoms with Gasteiger partial charge in [-0.2, -0.15) is 13.2 Å².